The van der Waals surface area contributed by atoms with Crippen molar-refractivity contribution in [1.82, 2.24) is 0 Å². The van der Waals surface area contributed by atoms with E-state index in [2.05, 4.69) is 15.9 Å². The number of furan rings is 1. The van der Waals surface area contributed by atoms with E-state index in [0.717, 1.165) is 21.0 Å². The van der Waals surface area contributed by atoms with Crippen LogP contribution in [0.25, 0.3) is 17.0 Å². The first-order valence-electron chi connectivity index (χ1n) is 9.52. The number of ketones is 1. The van der Waals surface area contributed by atoms with Gasteiger partial charge in [0, 0.05) is 15.9 Å². The number of ether oxygens (including phenoxy) is 2. The van der Waals surface area contributed by atoms with Crippen molar-refractivity contribution in [3.8, 4) is 11.5 Å². The normalized spacial score (nSPS) is 14.0. The Morgan fingerprint density at radius 3 is 2.61 bits per heavy atom. The number of hydrogen-bond donors (Lipinski definition) is 0. The number of hydrogen-bond acceptors (Lipinski definition) is 5. The molecule has 0 atom stereocenters. The highest BCUT2D eigenvalue weighted by Gasteiger charge is 2.28. The number of benzene rings is 3. The maximum absolute atomic E-state index is 12.6. The van der Waals surface area contributed by atoms with Crippen LogP contribution in [0.1, 0.15) is 32.0 Å². The van der Waals surface area contributed by atoms with Gasteiger partial charge in [-0.05, 0) is 55.0 Å². The topological polar surface area (TPSA) is 65.7 Å². The third kappa shape index (κ3) is 3.78. The number of rotatable bonds is 3. The fourth-order valence-corrected chi connectivity index (χ4v) is 3.70. The highest BCUT2D eigenvalue weighted by atomic mass is 79.9. The third-order valence-electron chi connectivity index (χ3n) is 4.91. The Kier molecular flexibility index (Phi) is 4.71. The van der Waals surface area contributed by atoms with Crippen molar-refractivity contribution >= 4 is 44.7 Å². The summed E-state index contributed by atoms with van der Waals surface area (Å²) in [5.74, 6) is 0.0797. The molecule has 6 heteroatoms. The van der Waals surface area contributed by atoms with E-state index in [0.29, 0.717) is 16.9 Å². The molecule has 0 spiro atoms. The summed E-state index contributed by atoms with van der Waals surface area (Å²) in [4.78, 5) is 25.1. The standard InChI is InChI=1S/C25H15BrO5/c1-14-2-4-15(5-3-14)10-22-24(27)19-8-7-18(13-21(19)31-22)29-25(28)23-12-16-11-17(26)6-9-20(16)30-23/h2-13H,1H3/b22-10-. The minimum absolute atomic E-state index is 0.0885. The maximum Gasteiger partial charge on any atom is 0.379 e. The number of carbonyl (C=O) groups is 2. The molecule has 0 N–H and O–H groups in total. The molecule has 1 aliphatic heterocycles. The van der Waals surface area contributed by atoms with E-state index in [1.165, 1.54) is 6.07 Å². The number of Topliss-reactive ketones (excluding diaryl/α,β-unsaturated/α-hetero) is 1. The van der Waals surface area contributed by atoms with Crippen molar-refractivity contribution in [1.29, 1.82) is 0 Å². The predicted molar refractivity (Wildman–Crippen MR) is 119 cm³/mol. The first-order valence-corrected chi connectivity index (χ1v) is 10.3. The van der Waals surface area contributed by atoms with Gasteiger partial charge in [-0.2, -0.15) is 0 Å². The number of allylic oxidation sites excluding steroid dienone is 1. The molecule has 3 aromatic carbocycles. The third-order valence-corrected chi connectivity index (χ3v) is 5.40. The Labute approximate surface area is 186 Å². The molecule has 0 unspecified atom stereocenters. The SMILES string of the molecule is Cc1ccc(/C=C2\Oc3cc(OC(=O)c4cc5cc(Br)ccc5o4)ccc3C2=O)cc1. The number of esters is 1. The van der Waals surface area contributed by atoms with Crippen LogP contribution in [0, 0.1) is 6.92 Å². The zero-order valence-electron chi connectivity index (χ0n) is 16.3. The first-order chi connectivity index (χ1) is 15.0. The van der Waals surface area contributed by atoms with Crippen LogP contribution in [0.15, 0.2) is 81.4 Å². The average molecular weight is 475 g/mol. The predicted octanol–water partition coefficient (Wildman–Crippen LogP) is 6.34. The zero-order valence-corrected chi connectivity index (χ0v) is 17.9. The van der Waals surface area contributed by atoms with Gasteiger partial charge in [0.1, 0.15) is 17.1 Å². The largest absolute Gasteiger partial charge is 0.452 e. The van der Waals surface area contributed by atoms with Crippen molar-refractivity contribution in [2.75, 3.05) is 0 Å². The van der Waals surface area contributed by atoms with Gasteiger partial charge in [0.2, 0.25) is 11.5 Å². The molecular formula is C25H15BrO5. The van der Waals surface area contributed by atoms with Gasteiger partial charge in [0.05, 0.1) is 5.56 Å². The lowest BCUT2D eigenvalue weighted by atomic mass is 10.1. The van der Waals surface area contributed by atoms with Crippen LogP contribution in [0.4, 0.5) is 0 Å². The number of halogens is 1. The molecule has 0 bridgehead atoms. The smallest absolute Gasteiger partial charge is 0.379 e. The molecule has 5 nitrogen and oxygen atoms in total. The summed E-state index contributed by atoms with van der Waals surface area (Å²) in [6.07, 6.45) is 1.69. The zero-order chi connectivity index (χ0) is 21.5. The molecule has 0 saturated heterocycles. The Balaban J connectivity index is 1.37. The second-order valence-electron chi connectivity index (χ2n) is 7.19. The van der Waals surface area contributed by atoms with Crippen molar-refractivity contribution < 1.29 is 23.5 Å². The number of fused-ring (bicyclic) bond motifs is 2. The fourth-order valence-electron chi connectivity index (χ4n) is 3.32. The summed E-state index contributed by atoms with van der Waals surface area (Å²) in [5, 5.41) is 0.787. The van der Waals surface area contributed by atoms with Gasteiger partial charge in [0.25, 0.3) is 0 Å². The number of carbonyl (C=O) groups excluding carboxylic acids is 2. The van der Waals surface area contributed by atoms with Crippen molar-refractivity contribution in [2.45, 2.75) is 6.92 Å². The average Bonchev–Trinajstić information content (AvgIpc) is 3.30. The van der Waals surface area contributed by atoms with Gasteiger partial charge in [-0.15, -0.1) is 0 Å². The molecular weight excluding hydrogens is 460 g/mol. The quantitative estimate of drug-likeness (QED) is 0.197. The van der Waals surface area contributed by atoms with Gasteiger partial charge < -0.3 is 13.9 Å². The molecule has 4 aromatic rings. The summed E-state index contributed by atoms with van der Waals surface area (Å²) in [6, 6.07) is 19.5. The molecule has 31 heavy (non-hydrogen) atoms. The lowest BCUT2D eigenvalue weighted by Crippen LogP contribution is -2.07. The minimum atomic E-state index is -0.632. The number of aryl methyl sites for hydroxylation is 1. The molecule has 5 rings (SSSR count). The summed E-state index contributed by atoms with van der Waals surface area (Å²) in [6.45, 7) is 2.00. The van der Waals surface area contributed by atoms with Crippen LogP contribution in [-0.2, 0) is 0 Å². The van der Waals surface area contributed by atoms with E-state index in [9.17, 15) is 9.59 Å². The van der Waals surface area contributed by atoms with Crippen LogP contribution >= 0.6 is 15.9 Å². The second kappa shape index (κ2) is 7.56. The van der Waals surface area contributed by atoms with Crippen LogP contribution in [-0.4, -0.2) is 11.8 Å². The van der Waals surface area contributed by atoms with E-state index >= 15 is 0 Å². The molecule has 1 aliphatic rings. The van der Waals surface area contributed by atoms with E-state index in [-0.39, 0.29) is 23.1 Å². The van der Waals surface area contributed by atoms with E-state index in [1.807, 2.05) is 43.3 Å². The highest BCUT2D eigenvalue weighted by molar-refractivity contribution is 9.10. The lowest BCUT2D eigenvalue weighted by Gasteiger charge is -2.04. The summed E-state index contributed by atoms with van der Waals surface area (Å²) >= 11 is 3.39. The minimum Gasteiger partial charge on any atom is -0.452 e. The van der Waals surface area contributed by atoms with Crippen molar-refractivity contribution in [3.63, 3.8) is 0 Å². The fraction of sp³-hybridized carbons (Fsp3) is 0.0400. The lowest BCUT2D eigenvalue weighted by molar-refractivity contribution is 0.0703. The van der Waals surface area contributed by atoms with Gasteiger partial charge in [0.15, 0.2) is 5.76 Å². The van der Waals surface area contributed by atoms with E-state index in [1.54, 1.807) is 30.3 Å². The summed E-state index contributed by atoms with van der Waals surface area (Å²) < 4.78 is 17.6. The Bertz CT molecular complexity index is 1380. The van der Waals surface area contributed by atoms with Gasteiger partial charge in [-0.25, -0.2) is 4.79 Å². The summed E-state index contributed by atoms with van der Waals surface area (Å²) in [5.41, 5.74) is 3.01. The van der Waals surface area contributed by atoms with Gasteiger partial charge >= 0.3 is 5.97 Å². The van der Waals surface area contributed by atoms with Crippen LogP contribution in [0.3, 0.4) is 0 Å². The molecule has 0 fully saturated rings. The molecule has 2 heterocycles. The Morgan fingerprint density at radius 2 is 1.81 bits per heavy atom. The second-order valence-corrected chi connectivity index (χ2v) is 8.11. The first kappa shape index (κ1) is 19.3. The van der Waals surface area contributed by atoms with E-state index < -0.39 is 5.97 Å². The monoisotopic (exact) mass is 474 g/mol. The van der Waals surface area contributed by atoms with Crippen molar-refractivity contribution in [3.05, 3.63) is 99.4 Å². The Hall–Kier alpha value is -3.64. The van der Waals surface area contributed by atoms with Gasteiger partial charge in [-0.1, -0.05) is 45.8 Å². The van der Waals surface area contributed by atoms with Crippen LogP contribution < -0.4 is 9.47 Å². The highest BCUT2D eigenvalue weighted by Crippen LogP contribution is 2.35. The molecule has 0 radical (unpaired) electrons. The molecule has 152 valence electrons. The summed E-state index contributed by atoms with van der Waals surface area (Å²) in [7, 11) is 0. The van der Waals surface area contributed by atoms with Crippen LogP contribution in [0.2, 0.25) is 0 Å². The van der Waals surface area contributed by atoms with E-state index in [4.69, 9.17) is 13.9 Å². The molecule has 0 amide bonds. The van der Waals surface area contributed by atoms with Crippen LogP contribution in [0.5, 0.6) is 11.5 Å². The molecule has 0 aliphatic carbocycles. The van der Waals surface area contributed by atoms with Crippen molar-refractivity contribution in [2.24, 2.45) is 0 Å². The molecule has 0 saturated carbocycles. The Morgan fingerprint density at radius 1 is 1.00 bits per heavy atom. The molecule has 1 aromatic heterocycles. The maximum atomic E-state index is 12.6. The van der Waals surface area contributed by atoms with Gasteiger partial charge in [-0.3, -0.25) is 4.79 Å².